The van der Waals surface area contributed by atoms with Crippen molar-refractivity contribution in [1.82, 2.24) is 0 Å². The molecule has 0 aliphatic heterocycles. The normalized spacial score (nSPS) is 11.0. The zero-order valence-corrected chi connectivity index (χ0v) is 15.6. The van der Waals surface area contributed by atoms with Crippen molar-refractivity contribution in [2.24, 2.45) is 0 Å². The lowest BCUT2D eigenvalue weighted by molar-refractivity contribution is -0.385. The molecule has 0 saturated carbocycles. The number of rotatable bonds is 6. The largest absolute Gasteiger partial charge is 0.468 e. The lowest BCUT2D eigenvalue weighted by atomic mass is 10.3. The van der Waals surface area contributed by atoms with Crippen LogP contribution < -0.4 is 4.31 Å². The Hall–Kier alpha value is -2.36. The Bertz CT molecular complexity index is 944. The molecule has 2 aromatic carbocycles. The average Bonchev–Trinajstić information content (AvgIpc) is 2.58. The number of carbonyl (C=O) groups is 1. The first-order chi connectivity index (χ1) is 12.1. The van der Waals surface area contributed by atoms with Crippen molar-refractivity contribution in [2.75, 3.05) is 18.0 Å². The summed E-state index contributed by atoms with van der Waals surface area (Å²) in [7, 11) is -3.24. The molecule has 0 N–H and O–H groups in total. The van der Waals surface area contributed by atoms with Gasteiger partial charge in [0, 0.05) is 22.2 Å². The summed E-state index contributed by atoms with van der Waals surface area (Å²) in [5.41, 5.74) is -0.396. The van der Waals surface area contributed by atoms with E-state index in [1.54, 1.807) is 0 Å². The third kappa shape index (κ3) is 4.43. The van der Waals surface area contributed by atoms with Crippen LogP contribution >= 0.6 is 23.2 Å². The third-order valence-electron chi connectivity index (χ3n) is 3.25. The number of hydrogen-bond donors (Lipinski definition) is 0. The molecule has 8 nitrogen and oxygen atoms in total. The van der Waals surface area contributed by atoms with Gasteiger partial charge in [-0.15, -0.1) is 0 Å². The second-order valence-corrected chi connectivity index (χ2v) is 7.71. The van der Waals surface area contributed by atoms with Gasteiger partial charge < -0.3 is 4.74 Å². The summed E-state index contributed by atoms with van der Waals surface area (Å²) >= 11 is 11.8. The number of ether oxygens (including phenoxy) is 1. The number of nitro benzene ring substituents is 1. The van der Waals surface area contributed by atoms with E-state index in [9.17, 15) is 23.3 Å². The zero-order valence-electron chi connectivity index (χ0n) is 13.3. The summed E-state index contributed by atoms with van der Waals surface area (Å²) in [6.45, 7) is -0.668. The Labute approximate surface area is 159 Å². The Morgan fingerprint density at radius 1 is 1.19 bits per heavy atom. The van der Waals surface area contributed by atoms with E-state index in [0.29, 0.717) is 0 Å². The van der Waals surface area contributed by atoms with Gasteiger partial charge in [0.15, 0.2) is 0 Å². The van der Waals surface area contributed by atoms with Gasteiger partial charge in [0.25, 0.3) is 15.7 Å². The van der Waals surface area contributed by atoms with E-state index >= 15 is 0 Å². The van der Waals surface area contributed by atoms with Crippen LogP contribution in [0.5, 0.6) is 0 Å². The molecule has 0 bridgehead atoms. The highest BCUT2D eigenvalue weighted by Crippen LogP contribution is 2.30. The number of carbonyl (C=O) groups excluding carboxylic acids is 1. The minimum absolute atomic E-state index is 0.0133. The number of halogens is 2. The molecule has 0 aromatic heterocycles. The van der Waals surface area contributed by atoms with Crippen molar-refractivity contribution in [3.8, 4) is 0 Å². The van der Waals surface area contributed by atoms with Crippen LogP contribution in [0.2, 0.25) is 10.0 Å². The number of methoxy groups -OCH3 is 1. The molecule has 0 amide bonds. The van der Waals surface area contributed by atoms with E-state index in [4.69, 9.17) is 23.2 Å². The summed E-state index contributed by atoms with van der Waals surface area (Å²) in [4.78, 5) is 21.5. The van der Waals surface area contributed by atoms with Gasteiger partial charge in [-0.2, -0.15) is 0 Å². The molecule has 26 heavy (non-hydrogen) atoms. The maximum absolute atomic E-state index is 13.0. The molecule has 0 radical (unpaired) electrons. The second-order valence-electron chi connectivity index (χ2n) is 4.97. The fraction of sp³-hybridized carbons (Fsp3) is 0.133. The van der Waals surface area contributed by atoms with Crippen LogP contribution in [0.3, 0.4) is 0 Å². The van der Waals surface area contributed by atoms with Crippen LogP contribution in [0.1, 0.15) is 0 Å². The summed E-state index contributed by atoms with van der Waals surface area (Å²) in [6, 6.07) is 8.44. The zero-order chi connectivity index (χ0) is 19.5. The standard InChI is InChI=1S/C15H12Cl2N2O6S/c1-25-15(20)9-18(13-6-10(16)5-11(17)7-13)26(23,24)14-4-2-3-12(8-14)19(21)22/h2-8H,9H2,1H3. The Morgan fingerprint density at radius 2 is 1.81 bits per heavy atom. The predicted molar refractivity (Wildman–Crippen MR) is 96.1 cm³/mol. The Kier molecular flexibility index (Phi) is 6.06. The maximum atomic E-state index is 13.0. The van der Waals surface area contributed by atoms with Crippen LogP contribution in [0.25, 0.3) is 0 Å². The van der Waals surface area contributed by atoms with Gasteiger partial charge in [0.1, 0.15) is 6.54 Å². The number of hydrogen-bond acceptors (Lipinski definition) is 6. The maximum Gasteiger partial charge on any atom is 0.326 e. The van der Waals surface area contributed by atoms with E-state index in [1.807, 2.05) is 0 Å². The first-order valence-electron chi connectivity index (χ1n) is 6.95. The highest BCUT2D eigenvalue weighted by atomic mass is 35.5. The van der Waals surface area contributed by atoms with Crippen molar-refractivity contribution < 1.29 is 22.9 Å². The smallest absolute Gasteiger partial charge is 0.326 e. The van der Waals surface area contributed by atoms with E-state index in [2.05, 4.69) is 4.74 Å². The van der Waals surface area contributed by atoms with Crippen LogP contribution in [0, 0.1) is 10.1 Å². The minimum atomic E-state index is -4.34. The van der Waals surface area contributed by atoms with Gasteiger partial charge in [-0.05, 0) is 24.3 Å². The topological polar surface area (TPSA) is 107 Å². The summed E-state index contributed by atoms with van der Waals surface area (Å²) in [5.74, 6) is -0.838. The van der Waals surface area contributed by atoms with Crippen LogP contribution in [0.15, 0.2) is 47.4 Å². The lowest BCUT2D eigenvalue weighted by Crippen LogP contribution is -2.36. The molecule has 0 unspecified atom stereocenters. The molecule has 0 spiro atoms. The molecular formula is C15H12Cl2N2O6S. The van der Waals surface area contributed by atoms with Crippen molar-refractivity contribution in [1.29, 1.82) is 0 Å². The minimum Gasteiger partial charge on any atom is -0.468 e. The summed E-state index contributed by atoms with van der Waals surface area (Å²) in [5, 5.41) is 11.2. The highest BCUT2D eigenvalue weighted by Gasteiger charge is 2.29. The SMILES string of the molecule is COC(=O)CN(c1cc(Cl)cc(Cl)c1)S(=O)(=O)c1cccc([N+](=O)[O-])c1. The van der Waals surface area contributed by atoms with Gasteiger partial charge in [0.2, 0.25) is 0 Å². The Balaban J connectivity index is 2.61. The van der Waals surface area contributed by atoms with E-state index in [0.717, 1.165) is 23.5 Å². The average molecular weight is 419 g/mol. The van der Waals surface area contributed by atoms with Gasteiger partial charge in [-0.25, -0.2) is 8.42 Å². The molecule has 0 atom stereocenters. The molecule has 2 rings (SSSR count). The number of nitrogens with zero attached hydrogens (tertiary/aromatic N) is 2. The van der Waals surface area contributed by atoms with Gasteiger partial charge in [-0.1, -0.05) is 29.3 Å². The van der Waals surface area contributed by atoms with E-state index < -0.39 is 33.1 Å². The molecule has 11 heteroatoms. The quantitative estimate of drug-likeness (QED) is 0.404. The lowest BCUT2D eigenvalue weighted by Gasteiger charge is -2.23. The first kappa shape index (κ1) is 20.0. The third-order valence-corrected chi connectivity index (χ3v) is 5.46. The molecule has 0 aliphatic rings. The van der Waals surface area contributed by atoms with Crippen molar-refractivity contribution in [2.45, 2.75) is 4.90 Å². The molecule has 138 valence electrons. The number of benzene rings is 2. The molecular weight excluding hydrogens is 407 g/mol. The van der Waals surface area contributed by atoms with Crippen molar-refractivity contribution in [3.05, 3.63) is 62.6 Å². The molecule has 0 heterocycles. The van der Waals surface area contributed by atoms with Crippen molar-refractivity contribution in [3.63, 3.8) is 0 Å². The van der Waals surface area contributed by atoms with Gasteiger partial charge >= 0.3 is 5.97 Å². The monoisotopic (exact) mass is 418 g/mol. The number of nitro groups is 1. The first-order valence-corrected chi connectivity index (χ1v) is 9.15. The van der Waals surface area contributed by atoms with Crippen LogP contribution in [-0.2, 0) is 19.6 Å². The van der Waals surface area contributed by atoms with E-state index in [-0.39, 0.29) is 20.6 Å². The van der Waals surface area contributed by atoms with Crippen LogP contribution in [-0.4, -0.2) is 33.0 Å². The molecule has 0 saturated heterocycles. The van der Waals surface area contributed by atoms with Gasteiger partial charge in [0.05, 0.1) is 22.6 Å². The predicted octanol–water partition coefficient (Wildman–Crippen LogP) is 3.27. The van der Waals surface area contributed by atoms with Crippen LogP contribution in [0.4, 0.5) is 11.4 Å². The summed E-state index contributed by atoms with van der Waals surface area (Å²) < 4.78 is 31.2. The molecule has 2 aromatic rings. The molecule has 0 fully saturated rings. The number of anilines is 1. The number of sulfonamides is 1. The number of esters is 1. The van der Waals surface area contributed by atoms with E-state index in [1.165, 1.54) is 30.3 Å². The molecule has 0 aliphatic carbocycles. The van der Waals surface area contributed by atoms with Gasteiger partial charge in [-0.3, -0.25) is 19.2 Å². The summed E-state index contributed by atoms with van der Waals surface area (Å²) in [6.07, 6.45) is 0. The fourth-order valence-corrected chi connectivity index (χ4v) is 4.01. The number of non-ortho nitro benzene ring substituents is 1. The highest BCUT2D eigenvalue weighted by molar-refractivity contribution is 7.92. The Morgan fingerprint density at radius 3 is 2.35 bits per heavy atom. The van der Waals surface area contributed by atoms with Crippen molar-refractivity contribution >= 4 is 50.6 Å². The fourth-order valence-electron chi connectivity index (χ4n) is 2.06. The second kappa shape index (κ2) is 7.90.